The minimum atomic E-state index is 1.13. The highest BCUT2D eigenvalue weighted by atomic mass is 32.2. The summed E-state index contributed by atoms with van der Waals surface area (Å²) in [6, 6.07) is 6.82. The first-order valence-electron chi connectivity index (χ1n) is 6.08. The molecule has 0 aromatic heterocycles. The number of benzene rings is 1. The van der Waals surface area contributed by atoms with Crippen molar-refractivity contribution in [2.45, 2.75) is 32.9 Å². The van der Waals surface area contributed by atoms with Crippen LogP contribution in [-0.4, -0.2) is 18.8 Å². The Labute approximate surface area is 104 Å². The van der Waals surface area contributed by atoms with E-state index < -0.39 is 0 Å². The second-order valence-corrected chi connectivity index (χ2v) is 5.40. The lowest BCUT2D eigenvalue weighted by Crippen LogP contribution is -2.17. The van der Waals surface area contributed by atoms with Crippen molar-refractivity contribution < 1.29 is 0 Å². The fourth-order valence-electron chi connectivity index (χ4n) is 1.79. The standard InChI is InChI=1S/C14H23NS/c1-4-5-15-6-7-16-11-14-9-12(2)8-13(3)10-14/h8-10,15H,4-7,11H2,1-3H3. The highest BCUT2D eigenvalue weighted by molar-refractivity contribution is 7.98. The van der Waals surface area contributed by atoms with E-state index >= 15 is 0 Å². The van der Waals surface area contributed by atoms with E-state index in [9.17, 15) is 0 Å². The van der Waals surface area contributed by atoms with Crippen LogP contribution in [0.15, 0.2) is 18.2 Å². The number of aryl methyl sites for hydroxylation is 2. The molecule has 1 nitrogen and oxygen atoms in total. The highest BCUT2D eigenvalue weighted by Gasteiger charge is 1.96. The average Bonchev–Trinajstić information content (AvgIpc) is 2.22. The van der Waals surface area contributed by atoms with E-state index in [4.69, 9.17) is 0 Å². The van der Waals surface area contributed by atoms with Crippen LogP contribution in [0.2, 0.25) is 0 Å². The van der Waals surface area contributed by atoms with Crippen molar-refractivity contribution >= 4 is 11.8 Å². The Kier molecular flexibility index (Phi) is 6.58. The number of nitrogens with one attached hydrogen (secondary N) is 1. The summed E-state index contributed by atoms with van der Waals surface area (Å²) in [6.45, 7) is 8.82. The Morgan fingerprint density at radius 1 is 1.06 bits per heavy atom. The van der Waals surface area contributed by atoms with E-state index in [-0.39, 0.29) is 0 Å². The third-order valence-corrected chi connectivity index (χ3v) is 3.43. The minimum absolute atomic E-state index is 1.13. The minimum Gasteiger partial charge on any atom is -0.316 e. The van der Waals surface area contributed by atoms with Crippen molar-refractivity contribution in [3.05, 3.63) is 34.9 Å². The van der Waals surface area contributed by atoms with Gasteiger partial charge in [-0.15, -0.1) is 0 Å². The monoisotopic (exact) mass is 237 g/mol. The summed E-state index contributed by atoms with van der Waals surface area (Å²) in [5, 5.41) is 3.42. The van der Waals surface area contributed by atoms with Crippen LogP contribution in [0.1, 0.15) is 30.0 Å². The second-order valence-electron chi connectivity index (χ2n) is 4.30. The van der Waals surface area contributed by atoms with Crippen molar-refractivity contribution in [1.82, 2.24) is 5.32 Å². The molecular formula is C14H23NS. The first-order chi connectivity index (χ1) is 7.72. The van der Waals surface area contributed by atoms with Crippen molar-refractivity contribution in [1.29, 1.82) is 0 Å². The lowest BCUT2D eigenvalue weighted by Gasteiger charge is -2.05. The molecule has 0 bridgehead atoms. The van der Waals surface area contributed by atoms with E-state index in [1.54, 1.807) is 0 Å². The Morgan fingerprint density at radius 3 is 2.38 bits per heavy atom. The normalized spacial score (nSPS) is 10.7. The summed E-state index contributed by atoms with van der Waals surface area (Å²) in [4.78, 5) is 0. The van der Waals surface area contributed by atoms with E-state index in [0.717, 1.165) is 18.8 Å². The van der Waals surface area contributed by atoms with Gasteiger partial charge in [0.2, 0.25) is 0 Å². The van der Waals surface area contributed by atoms with Crippen LogP contribution >= 0.6 is 11.8 Å². The molecule has 90 valence electrons. The summed E-state index contributed by atoms with van der Waals surface area (Å²) >= 11 is 2.01. The maximum Gasteiger partial charge on any atom is 0.0185 e. The van der Waals surface area contributed by atoms with Crippen LogP contribution < -0.4 is 5.32 Å². The van der Waals surface area contributed by atoms with Crippen LogP contribution in [0.4, 0.5) is 0 Å². The quantitative estimate of drug-likeness (QED) is 0.728. The Bertz CT molecular complexity index is 289. The molecule has 0 fully saturated rings. The van der Waals surface area contributed by atoms with Crippen LogP contribution in [0.5, 0.6) is 0 Å². The SMILES string of the molecule is CCCNCCSCc1cc(C)cc(C)c1. The molecule has 0 unspecified atom stereocenters. The van der Waals surface area contributed by atoms with Crippen molar-refractivity contribution in [3.63, 3.8) is 0 Å². The largest absolute Gasteiger partial charge is 0.316 e. The van der Waals surface area contributed by atoms with E-state index in [0.29, 0.717) is 0 Å². The van der Waals surface area contributed by atoms with Gasteiger partial charge in [-0.3, -0.25) is 0 Å². The Balaban J connectivity index is 2.21. The molecule has 0 saturated heterocycles. The molecule has 0 heterocycles. The summed E-state index contributed by atoms with van der Waals surface area (Å²) < 4.78 is 0. The topological polar surface area (TPSA) is 12.0 Å². The van der Waals surface area contributed by atoms with E-state index in [2.05, 4.69) is 44.3 Å². The lowest BCUT2D eigenvalue weighted by molar-refractivity contribution is 0.707. The smallest absolute Gasteiger partial charge is 0.0185 e. The van der Waals surface area contributed by atoms with Gasteiger partial charge >= 0.3 is 0 Å². The molecule has 0 aliphatic heterocycles. The van der Waals surface area contributed by atoms with E-state index in [1.807, 2.05) is 11.8 Å². The predicted octanol–water partition coefficient (Wildman–Crippen LogP) is 3.54. The zero-order valence-corrected chi connectivity index (χ0v) is 11.5. The summed E-state index contributed by atoms with van der Waals surface area (Å²) in [5.41, 5.74) is 4.21. The molecule has 0 aliphatic carbocycles. The maximum atomic E-state index is 3.42. The third kappa shape index (κ3) is 5.57. The van der Waals surface area contributed by atoms with Gasteiger partial charge < -0.3 is 5.32 Å². The Morgan fingerprint density at radius 2 is 1.75 bits per heavy atom. The van der Waals surface area contributed by atoms with Gasteiger partial charge in [-0.25, -0.2) is 0 Å². The number of hydrogen-bond acceptors (Lipinski definition) is 2. The molecule has 0 spiro atoms. The van der Waals surface area contributed by atoms with Crippen molar-refractivity contribution in [2.24, 2.45) is 0 Å². The van der Waals surface area contributed by atoms with Gasteiger partial charge in [0.15, 0.2) is 0 Å². The zero-order chi connectivity index (χ0) is 11.8. The summed E-state index contributed by atoms with van der Waals surface area (Å²) in [7, 11) is 0. The van der Waals surface area contributed by atoms with Gasteiger partial charge in [-0.1, -0.05) is 36.2 Å². The first-order valence-corrected chi connectivity index (χ1v) is 7.23. The highest BCUT2D eigenvalue weighted by Crippen LogP contribution is 2.15. The number of rotatable bonds is 7. The molecule has 1 rings (SSSR count). The molecule has 0 atom stereocenters. The van der Waals surface area contributed by atoms with Crippen LogP contribution in [0.25, 0.3) is 0 Å². The summed E-state index contributed by atoms with van der Waals surface area (Å²) in [5.74, 6) is 2.34. The average molecular weight is 237 g/mol. The molecule has 2 heteroatoms. The van der Waals surface area contributed by atoms with Gasteiger partial charge in [0.1, 0.15) is 0 Å². The van der Waals surface area contributed by atoms with Gasteiger partial charge in [-0.05, 0) is 32.4 Å². The first kappa shape index (κ1) is 13.6. The molecule has 0 saturated carbocycles. The van der Waals surface area contributed by atoms with E-state index in [1.165, 1.54) is 28.9 Å². The van der Waals surface area contributed by atoms with Crippen LogP contribution in [-0.2, 0) is 5.75 Å². The molecular weight excluding hydrogens is 214 g/mol. The second kappa shape index (κ2) is 7.75. The summed E-state index contributed by atoms with van der Waals surface area (Å²) in [6.07, 6.45) is 1.22. The molecule has 1 aromatic carbocycles. The maximum absolute atomic E-state index is 3.42. The number of hydrogen-bond donors (Lipinski definition) is 1. The van der Waals surface area contributed by atoms with Gasteiger partial charge in [0.05, 0.1) is 0 Å². The zero-order valence-electron chi connectivity index (χ0n) is 10.7. The van der Waals surface area contributed by atoms with Crippen LogP contribution in [0, 0.1) is 13.8 Å². The predicted molar refractivity (Wildman–Crippen MR) is 75.2 cm³/mol. The number of thioether (sulfide) groups is 1. The molecule has 0 amide bonds. The van der Waals surface area contributed by atoms with Gasteiger partial charge in [0, 0.05) is 18.1 Å². The fraction of sp³-hybridized carbons (Fsp3) is 0.571. The third-order valence-electron chi connectivity index (χ3n) is 2.40. The lowest BCUT2D eigenvalue weighted by atomic mass is 10.1. The molecule has 1 aromatic rings. The fourth-order valence-corrected chi connectivity index (χ4v) is 2.62. The Hall–Kier alpha value is -0.470. The van der Waals surface area contributed by atoms with Crippen LogP contribution in [0.3, 0.4) is 0 Å². The van der Waals surface area contributed by atoms with Gasteiger partial charge in [-0.2, -0.15) is 11.8 Å². The van der Waals surface area contributed by atoms with Gasteiger partial charge in [0.25, 0.3) is 0 Å². The molecule has 16 heavy (non-hydrogen) atoms. The molecule has 1 N–H and O–H groups in total. The van der Waals surface area contributed by atoms with Crippen molar-refractivity contribution in [3.8, 4) is 0 Å². The molecule has 0 radical (unpaired) electrons. The van der Waals surface area contributed by atoms with Crippen molar-refractivity contribution in [2.75, 3.05) is 18.8 Å². The molecule has 0 aliphatic rings.